The fraction of sp³-hybridized carbons (Fsp3) is 0.576. The van der Waals surface area contributed by atoms with Gasteiger partial charge >= 0.3 is 0 Å². The van der Waals surface area contributed by atoms with E-state index in [-0.39, 0.29) is 0 Å². The highest BCUT2D eigenvalue weighted by atomic mass is 16.5. The van der Waals surface area contributed by atoms with Crippen LogP contribution in [-0.2, 0) is 13.0 Å². The minimum atomic E-state index is 0.592. The van der Waals surface area contributed by atoms with Crippen molar-refractivity contribution in [3.63, 3.8) is 0 Å². The van der Waals surface area contributed by atoms with Gasteiger partial charge in [-0.3, -0.25) is 0 Å². The van der Waals surface area contributed by atoms with Crippen molar-refractivity contribution >= 4 is 16.7 Å². The Morgan fingerprint density at radius 2 is 1.55 bits per heavy atom. The molecule has 38 heavy (non-hydrogen) atoms. The highest BCUT2D eigenvalue weighted by Crippen LogP contribution is 2.29. The molecule has 0 atom stereocenters. The minimum Gasteiger partial charge on any atom is -0.494 e. The van der Waals surface area contributed by atoms with Gasteiger partial charge in [-0.05, 0) is 67.9 Å². The minimum absolute atomic E-state index is 0.592. The number of unbranched alkanes of at least 4 members (excludes halogenated alkanes) is 6. The van der Waals surface area contributed by atoms with Gasteiger partial charge in [-0.25, -0.2) is 9.97 Å². The maximum Gasteiger partial charge on any atom is 0.139 e. The summed E-state index contributed by atoms with van der Waals surface area (Å²) in [5.41, 5.74) is 2.38. The van der Waals surface area contributed by atoms with E-state index in [4.69, 9.17) is 14.7 Å². The molecule has 0 bridgehead atoms. The molecule has 0 unspecified atom stereocenters. The van der Waals surface area contributed by atoms with Gasteiger partial charge in [0.25, 0.3) is 0 Å². The first-order chi connectivity index (χ1) is 18.6. The molecule has 5 heteroatoms. The zero-order valence-electron chi connectivity index (χ0n) is 23.9. The zero-order valence-corrected chi connectivity index (χ0v) is 23.9. The normalized spacial score (nSPS) is 17.6. The molecule has 0 radical (unpaired) electrons. The second-order valence-electron chi connectivity index (χ2n) is 11.3. The van der Waals surface area contributed by atoms with Crippen LogP contribution in [0.2, 0.25) is 0 Å². The lowest BCUT2D eigenvalue weighted by Gasteiger charge is -2.29. The third-order valence-corrected chi connectivity index (χ3v) is 7.91. The van der Waals surface area contributed by atoms with Crippen molar-refractivity contribution in [2.24, 2.45) is 5.92 Å². The molecule has 5 nitrogen and oxygen atoms in total. The van der Waals surface area contributed by atoms with E-state index >= 15 is 0 Å². The standard InChI is InChI=1S/C33H48N4O/c1-4-5-6-7-8-9-12-23-38-29-21-17-27(18-22-29)25-34-28-19-15-26(16-20-28)24-32-35-31-14-11-10-13-30(31)33(36-32)37(2)3/h10-11,13-14,17-18,21-22,26,28,34H,4-9,12,15-16,19-20,23-25H2,1-3H3. The number of nitrogens with zero attached hydrogens (tertiary/aromatic N) is 3. The Kier molecular flexibility index (Phi) is 11.2. The van der Waals surface area contributed by atoms with Crippen molar-refractivity contribution < 1.29 is 4.74 Å². The number of ether oxygens (including phenoxy) is 1. The number of rotatable bonds is 15. The van der Waals surface area contributed by atoms with Gasteiger partial charge in [-0.1, -0.05) is 69.7 Å². The molecule has 1 aliphatic rings. The van der Waals surface area contributed by atoms with Crippen LogP contribution in [0.4, 0.5) is 5.82 Å². The Balaban J connectivity index is 1.15. The number of hydrogen-bond acceptors (Lipinski definition) is 5. The molecule has 1 heterocycles. The van der Waals surface area contributed by atoms with Crippen LogP contribution in [0.15, 0.2) is 48.5 Å². The summed E-state index contributed by atoms with van der Waals surface area (Å²) in [7, 11) is 4.13. The molecule has 0 amide bonds. The fourth-order valence-corrected chi connectivity index (χ4v) is 5.58. The van der Waals surface area contributed by atoms with E-state index in [1.807, 2.05) is 0 Å². The first kappa shape index (κ1) is 28.4. The molecule has 1 aliphatic carbocycles. The third-order valence-electron chi connectivity index (χ3n) is 7.91. The number of anilines is 1. The second kappa shape index (κ2) is 15.1. The molecular weight excluding hydrogens is 468 g/mol. The van der Waals surface area contributed by atoms with Gasteiger partial charge in [-0.2, -0.15) is 0 Å². The van der Waals surface area contributed by atoms with Gasteiger partial charge in [0.15, 0.2) is 0 Å². The van der Waals surface area contributed by atoms with Crippen molar-refractivity contribution in [1.82, 2.24) is 15.3 Å². The summed E-state index contributed by atoms with van der Waals surface area (Å²) >= 11 is 0. The van der Waals surface area contributed by atoms with Crippen LogP contribution in [0.25, 0.3) is 10.9 Å². The van der Waals surface area contributed by atoms with E-state index in [2.05, 4.69) is 79.8 Å². The van der Waals surface area contributed by atoms with Crippen LogP contribution in [0, 0.1) is 5.92 Å². The molecule has 0 aliphatic heterocycles. The average Bonchev–Trinajstić information content (AvgIpc) is 2.94. The van der Waals surface area contributed by atoms with E-state index in [1.165, 1.54) is 69.8 Å². The Morgan fingerprint density at radius 3 is 2.29 bits per heavy atom. The van der Waals surface area contributed by atoms with E-state index in [1.54, 1.807) is 0 Å². The Labute approximate surface area is 230 Å². The number of fused-ring (bicyclic) bond motifs is 1. The summed E-state index contributed by atoms with van der Waals surface area (Å²) in [4.78, 5) is 11.9. The number of nitrogens with one attached hydrogen (secondary N) is 1. The molecular formula is C33H48N4O. The number of aromatic nitrogens is 2. The number of para-hydroxylation sites is 1. The molecule has 2 aromatic carbocycles. The molecule has 0 spiro atoms. The van der Waals surface area contributed by atoms with Crippen LogP contribution >= 0.6 is 0 Å². The van der Waals surface area contributed by atoms with Crippen LogP contribution in [-0.4, -0.2) is 36.7 Å². The van der Waals surface area contributed by atoms with Gasteiger partial charge in [0.05, 0.1) is 12.1 Å². The molecule has 1 saturated carbocycles. The predicted octanol–water partition coefficient (Wildman–Crippen LogP) is 7.72. The van der Waals surface area contributed by atoms with Crippen LogP contribution in [0.1, 0.15) is 88.9 Å². The average molecular weight is 517 g/mol. The Hall–Kier alpha value is -2.66. The van der Waals surface area contributed by atoms with Gasteiger partial charge in [-0.15, -0.1) is 0 Å². The monoisotopic (exact) mass is 516 g/mol. The largest absolute Gasteiger partial charge is 0.494 e. The van der Waals surface area contributed by atoms with Crippen molar-refractivity contribution in [3.8, 4) is 5.75 Å². The second-order valence-corrected chi connectivity index (χ2v) is 11.3. The third kappa shape index (κ3) is 8.69. The van der Waals surface area contributed by atoms with E-state index < -0.39 is 0 Å². The first-order valence-electron chi connectivity index (χ1n) is 15.0. The quantitative estimate of drug-likeness (QED) is 0.210. The summed E-state index contributed by atoms with van der Waals surface area (Å²) in [5, 5.41) is 4.92. The van der Waals surface area contributed by atoms with Crippen molar-refractivity contribution in [3.05, 3.63) is 59.9 Å². The molecule has 206 valence electrons. The smallest absolute Gasteiger partial charge is 0.139 e. The molecule has 1 aromatic heterocycles. The van der Waals surface area contributed by atoms with Crippen LogP contribution < -0.4 is 15.0 Å². The highest BCUT2D eigenvalue weighted by Gasteiger charge is 2.22. The van der Waals surface area contributed by atoms with Gasteiger partial charge in [0.2, 0.25) is 0 Å². The molecule has 1 N–H and O–H groups in total. The Bertz CT molecular complexity index is 1090. The summed E-state index contributed by atoms with van der Waals surface area (Å²) in [6.45, 7) is 4.02. The summed E-state index contributed by atoms with van der Waals surface area (Å²) < 4.78 is 5.95. The highest BCUT2D eigenvalue weighted by molar-refractivity contribution is 5.89. The van der Waals surface area contributed by atoms with E-state index in [0.717, 1.165) is 54.3 Å². The molecule has 1 fully saturated rings. The predicted molar refractivity (Wildman–Crippen MR) is 160 cm³/mol. The fourth-order valence-electron chi connectivity index (χ4n) is 5.58. The summed E-state index contributed by atoms with van der Waals surface area (Å²) in [6, 6.07) is 17.6. The summed E-state index contributed by atoms with van der Waals surface area (Å²) in [6.07, 6.45) is 15.1. The van der Waals surface area contributed by atoms with E-state index in [0.29, 0.717) is 12.0 Å². The zero-order chi connectivity index (χ0) is 26.6. The lowest BCUT2D eigenvalue weighted by Crippen LogP contribution is -2.33. The van der Waals surface area contributed by atoms with Crippen molar-refractivity contribution in [1.29, 1.82) is 0 Å². The van der Waals surface area contributed by atoms with Crippen LogP contribution in [0.3, 0.4) is 0 Å². The lowest BCUT2D eigenvalue weighted by atomic mass is 9.84. The van der Waals surface area contributed by atoms with Gasteiger partial charge in [0.1, 0.15) is 17.4 Å². The molecule has 4 rings (SSSR count). The van der Waals surface area contributed by atoms with Gasteiger partial charge in [0, 0.05) is 38.5 Å². The maximum absolute atomic E-state index is 5.95. The lowest BCUT2D eigenvalue weighted by molar-refractivity contribution is 0.286. The molecule has 3 aromatic rings. The Morgan fingerprint density at radius 1 is 0.842 bits per heavy atom. The maximum atomic E-state index is 5.95. The van der Waals surface area contributed by atoms with E-state index in [9.17, 15) is 0 Å². The van der Waals surface area contributed by atoms with Crippen molar-refractivity contribution in [2.45, 2.75) is 96.6 Å². The molecule has 0 saturated heterocycles. The van der Waals surface area contributed by atoms with Gasteiger partial charge < -0.3 is 15.0 Å². The number of benzene rings is 2. The SMILES string of the molecule is CCCCCCCCCOc1ccc(CNC2CCC(Cc3nc(N(C)C)c4ccccc4n3)CC2)cc1. The topological polar surface area (TPSA) is 50.3 Å². The van der Waals surface area contributed by atoms with Crippen LogP contribution in [0.5, 0.6) is 5.75 Å². The summed E-state index contributed by atoms with van der Waals surface area (Å²) in [5.74, 6) is 3.67. The van der Waals surface area contributed by atoms with Crippen molar-refractivity contribution in [2.75, 3.05) is 25.6 Å². The first-order valence-corrected chi connectivity index (χ1v) is 15.0. The number of hydrogen-bond donors (Lipinski definition) is 1.